The van der Waals surface area contributed by atoms with Gasteiger partial charge in [0.2, 0.25) is 5.91 Å². The quantitative estimate of drug-likeness (QED) is 0.208. The Kier molecular flexibility index (Phi) is 6.23. The summed E-state index contributed by atoms with van der Waals surface area (Å²) >= 11 is 6.81. The van der Waals surface area contributed by atoms with E-state index in [2.05, 4.69) is 15.3 Å². The Morgan fingerprint density at radius 1 is 1.06 bits per heavy atom. The zero-order valence-corrected chi connectivity index (χ0v) is 19.8. The maximum atomic E-state index is 13.5. The van der Waals surface area contributed by atoms with Crippen molar-refractivity contribution in [3.63, 3.8) is 0 Å². The maximum Gasteiger partial charge on any atom is 0.416 e. The lowest BCUT2D eigenvalue weighted by atomic mass is 10.2. The smallest absolute Gasteiger partial charge is 0.349 e. The average molecular weight is 529 g/mol. The zero-order chi connectivity index (χ0) is 25.4. The minimum absolute atomic E-state index is 0.0107. The second-order valence-electron chi connectivity index (χ2n) is 7.82. The molecule has 0 aliphatic heterocycles. The second-order valence-corrected chi connectivity index (χ2v) is 9.20. The SMILES string of the molecule is O=C(CSc1nc2c([nH]c3ccccc32)c(=O)n1-c1cccc(C(F)(F)F)c1)Nc1ccc(Cl)cc1. The third-order valence-corrected chi connectivity index (χ3v) is 6.58. The predicted octanol–water partition coefficient (Wildman–Crippen LogP) is 6.27. The van der Waals surface area contributed by atoms with Gasteiger partial charge >= 0.3 is 6.18 Å². The van der Waals surface area contributed by atoms with Crippen LogP contribution in [-0.2, 0) is 11.0 Å². The summed E-state index contributed by atoms with van der Waals surface area (Å²) in [6, 6.07) is 18.1. The van der Waals surface area contributed by atoms with Crippen LogP contribution in [-0.4, -0.2) is 26.2 Å². The van der Waals surface area contributed by atoms with Crippen LogP contribution < -0.4 is 10.9 Å². The summed E-state index contributed by atoms with van der Waals surface area (Å²) in [5.41, 5.74) is 0.235. The molecule has 0 radical (unpaired) electrons. The molecule has 0 fully saturated rings. The summed E-state index contributed by atoms with van der Waals surface area (Å²) in [4.78, 5) is 33.7. The minimum Gasteiger partial charge on any atom is -0.349 e. The number of aromatic amines is 1. The lowest BCUT2D eigenvalue weighted by Gasteiger charge is -2.14. The van der Waals surface area contributed by atoms with E-state index in [1.807, 2.05) is 0 Å². The highest BCUT2D eigenvalue weighted by atomic mass is 35.5. The Labute approximate surface area is 211 Å². The van der Waals surface area contributed by atoms with Crippen LogP contribution >= 0.6 is 23.4 Å². The zero-order valence-electron chi connectivity index (χ0n) is 18.3. The molecule has 2 aromatic heterocycles. The van der Waals surface area contributed by atoms with Crippen LogP contribution in [0.1, 0.15) is 5.56 Å². The topological polar surface area (TPSA) is 79.8 Å². The van der Waals surface area contributed by atoms with Gasteiger partial charge in [0.25, 0.3) is 5.56 Å². The largest absolute Gasteiger partial charge is 0.416 e. The molecule has 182 valence electrons. The van der Waals surface area contributed by atoms with Crippen LogP contribution in [0.3, 0.4) is 0 Å². The van der Waals surface area contributed by atoms with Crippen molar-refractivity contribution in [3.05, 3.63) is 93.7 Å². The van der Waals surface area contributed by atoms with E-state index in [0.717, 1.165) is 28.5 Å². The van der Waals surface area contributed by atoms with E-state index in [4.69, 9.17) is 11.6 Å². The normalized spacial score (nSPS) is 11.8. The van der Waals surface area contributed by atoms with Crippen LogP contribution in [0.4, 0.5) is 18.9 Å². The van der Waals surface area contributed by atoms with E-state index in [9.17, 15) is 22.8 Å². The standard InChI is InChI=1S/C25H16ClF3N4O2S/c26-15-8-10-16(11-9-15)30-20(34)13-36-24-32-21-18-6-1-2-7-19(18)31-22(21)23(35)33(24)17-5-3-4-14(12-17)25(27,28)29/h1-12,31H,13H2,(H,30,34). The molecule has 0 bridgehead atoms. The monoisotopic (exact) mass is 528 g/mol. The lowest BCUT2D eigenvalue weighted by Crippen LogP contribution is -2.23. The van der Waals surface area contributed by atoms with Crippen molar-refractivity contribution in [1.82, 2.24) is 14.5 Å². The molecule has 6 nitrogen and oxygen atoms in total. The number of carbonyl (C=O) groups is 1. The van der Waals surface area contributed by atoms with Gasteiger partial charge in [0.05, 0.1) is 17.0 Å². The molecule has 0 spiro atoms. The fourth-order valence-corrected chi connectivity index (χ4v) is 4.68. The number of para-hydroxylation sites is 1. The van der Waals surface area contributed by atoms with E-state index in [0.29, 0.717) is 27.1 Å². The number of hydrogen-bond acceptors (Lipinski definition) is 4. The van der Waals surface area contributed by atoms with Crippen molar-refractivity contribution in [3.8, 4) is 5.69 Å². The van der Waals surface area contributed by atoms with E-state index in [1.54, 1.807) is 48.5 Å². The number of fused-ring (bicyclic) bond motifs is 3. The fraction of sp³-hybridized carbons (Fsp3) is 0.0800. The highest BCUT2D eigenvalue weighted by molar-refractivity contribution is 7.99. The third kappa shape index (κ3) is 4.69. The van der Waals surface area contributed by atoms with Crippen molar-refractivity contribution in [1.29, 1.82) is 0 Å². The summed E-state index contributed by atoms with van der Waals surface area (Å²) in [6.45, 7) is 0. The van der Waals surface area contributed by atoms with Gasteiger partial charge in [-0.3, -0.25) is 14.2 Å². The summed E-state index contributed by atoms with van der Waals surface area (Å²) in [6.07, 6.45) is -4.59. The molecule has 2 N–H and O–H groups in total. The molecule has 5 aromatic rings. The summed E-state index contributed by atoms with van der Waals surface area (Å²) in [5.74, 6) is -0.520. The Bertz CT molecular complexity index is 1660. The average Bonchev–Trinajstić information content (AvgIpc) is 3.23. The second kappa shape index (κ2) is 9.36. The van der Waals surface area contributed by atoms with E-state index in [1.165, 1.54) is 12.1 Å². The molecule has 0 aliphatic carbocycles. The molecule has 11 heteroatoms. The van der Waals surface area contributed by atoms with Crippen LogP contribution in [0, 0.1) is 0 Å². The fourth-order valence-electron chi connectivity index (χ4n) is 3.75. The number of nitrogens with one attached hydrogen (secondary N) is 2. The number of hydrogen-bond donors (Lipinski definition) is 2. The van der Waals surface area contributed by atoms with Crippen molar-refractivity contribution in [2.45, 2.75) is 11.3 Å². The Hall–Kier alpha value is -3.76. The number of amides is 1. The highest BCUT2D eigenvalue weighted by Gasteiger charge is 2.31. The first-order valence-corrected chi connectivity index (χ1v) is 12.0. The van der Waals surface area contributed by atoms with E-state index in [-0.39, 0.29) is 28.0 Å². The number of H-pyrrole nitrogens is 1. The van der Waals surface area contributed by atoms with Crippen LogP contribution in [0.5, 0.6) is 0 Å². The molecule has 36 heavy (non-hydrogen) atoms. The molecule has 0 saturated heterocycles. The first kappa shape index (κ1) is 24.0. The maximum absolute atomic E-state index is 13.5. The summed E-state index contributed by atoms with van der Waals surface area (Å²) < 4.78 is 41.3. The summed E-state index contributed by atoms with van der Waals surface area (Å²) in [5, 5.41) is 4.01. The van der Waals surface area contributed by atoms with Gasteiger partial charge < -0.3 is 10.3 Å². The van der Waals surface area contributed by atoms with Crippen LogP contribution in [0.15, 0.2) is 82.7 Å². The Balaban J connectivity index is 1.58. The number of alkyl halides is 3. The van der Waals surface area contributed by atoms with Gasteiger partial charge in [-0.1, -0.05) is 47.6 Å². The first-order valence-electron chi connectivity index (χ1n) is 10.6. The number of anilines is 1. The molecule has 0 atom stereocenters. The molecule has 0 aliphatic rings. The van der Waals surface area contributed by atoms with Crippen molar-refractivity contribution >= 4 is 56.9 Å². The Morgan fingerprint density at radius 3 is 2.56 bits per heavy atom. The van der Waals surface area contributed by atoms with Gasteiger partial charge in [0.15, 0.2) is 5.16 Å². The Morgan fingerprint density at radius 2 is 1.81 bits per heavy atom. The summed E-state index contributed by atoms with van der Waals surface area (Å²) in [7, 11) is 0. The van der Waals surface area contributed by atoms with Gasteiger partial charge in [0, 0.05) is 21.6 Å². The van der Waals surface area contributed by atoms with Gasteiger partial charge in [-0.25, -0.2) is 4.98 Å². The van der Waals surface area contributed by atoms with Crippen molar-refractivity contribution in [2.75, 3.05) is 11.1 Å². The highest BCUT2D eigenvalue weighted by Crippen LogP contribution is 2.32. The number of thioether (sulfide) groups is 1. The van der Waals surface area contributed by atoms with Gasteiger partial charge in [-0.15, -0.1) is 0 Å². The van der Waals surface area contributed by atoms with Crippen molar-refractivity contribution in [2.24, 2.45) is 0 Å². The third-order valence-electron chi connectivity index (χ3n) is 5.39. The molecule has 1 amide bonds. The molecular weight excluding hydrogens is 513 g/mol. The number of halogens is 4. The van der Waals surface area contributed by atoms with Crippen LogP contribution in [0.25, 0.3) is 27.6 Å². The van der Waals surface area contributed by atoms with Crippen molar-refractivity contribution < 1.29 is 18.0 Å². The molecule has 0 unspecified atom stereocenters. The minimum atomic E-state index is -4.59. The number of nitrogens with zero attached hydrogens (tertiary/aromatic N) is 2. The number of benzene rings is 3. The molecular formula is C25H16ClF3N4O2S. The lowest BCUT2D eigenvalue weighted by molar-refractivity contribution is -0.137. The molecule has 2 heterocycles. The van der Waals surface area contributed by atoms with E-state index >= 15 is 0 Å². The molecule has 3 aromatic carbocycles. The van der Waals surface area contributed by atoms with E-state index < -0.39 is 17.3 Å². The number of aromatic nitrogens is 3. The van der Waals surface area contributed by atoms with Gasteiger partial charge in [0.1, 0.15) is 11.0 Å². The predicted molar refractivity (Wildman–Crippen MR) is 135 cm³/mol. The number of carbonyl (C=O) groups excluding carboxylic acids is 1. The first-order chi connectivity index (χ1) is 17.2. The van der Waals surface area contributed by atoms with Gasteiger partial charge in [-0.05, 0) is 48.5 Å². The van der Waals surface area contributed by atoms with Crippen LogP contribution in [0.2, 0.25) is 5.02 Å². The van der Waals surface area contributed by atoms with Gasteiger partial charge in [-0.2, -0.15) is 13.2 Å². The molecule has 0 saturated carbocycles. The molecule has 5 rings (SSSR count). The number of rotatable bonds is 5.